The summed E-state index contributed by atoms with van der Waals surface area (Å²) in [5.41, 5.74) is 0.945. The summed E-state index contributed by atoms with van der Waals surface area (Å²) in [6.45, 7) is 1.35. The minimum absolute atomic E-state index is 0.0277. The number of nitrogens with one attached hydrogen (secondary N) is 1. The molecule has 0 spiro atoms. The Labute approximate surface area is 142 Å². The smallest absolute Gasteiger partial charge is 0.311 e. The van der Waals surface area contributed by atoms with Crippen molar-refractivity contribution in [2.45, 2.75) is 6.92 Å². The van der Waals surface area contributed by atoms with Gasteiger partial charge in [-0.15, -0.1) is 0 Å². The zero-order valence-corrected chi connectivity index (χ0v) is 13.5. The monoisotopic (exact) mass is 354 g/mol. The van der Waals surface area contributed by atoms with Gasteiger partial charge in [-0.1, -0.05) is 29.3 Å². The molecular weight excluding hydrogens is 343 g/mol. The van der Waals surface area contributed by atoms with Crippen LogP contribution in [0.2, 0.25) is 10.0 Å². The second-order valence-electron chi connectivity index (χ2n) is 4.72. The summed E-state index contributed by atoms with van der Waals surface area (Å²) >= 11 is 11.7. The molecule has 1 N–H and O–H groups in total. The SMILES string of the molecule is Cc1ccc(OCC(=O)Nc2cc(Cl)cc(Cl)c2)c([N+](=O)[O-])c1. The second-order valence-corrected chi connectivity index (χ2v) is 5.60. The molecule has 8 heteroatoms. The average molecular weight is 355 g/mol. The van der Waals surface area contributed by atoms with Crippen molar-refractivity contribution >= 4 is 40.5 Å². The first-order chi connectivity index (χ1) is 10.8. The lowest BCUT2D eigenvalue weighted by Gasteiger charge is -2.09. The van der Waals surface area contributed by atoms with Crippen molar-refractivity contribution in [2.24, 2.45) is 0 Å². The van der Waals surface area contributed by atoms with Crippen LogP contribution in [0, 0.1) is 17.0 Å². The quantitative estimate of drug-likeness (QED) is 0.643. The Hall–Kier alpha value is -2.31. The van der Waals surface area contributed by atoms with Crippen LogP contribution in [0.15, 0.2) is 36.4 Å². The van der Waals surface area contributed by atoms with Gasteiger partial charge in [-0.25, -0.2) is 0 Å². The number of ether oxygens (including phenoxy) is 1. The van der Waals surface area contributed by atoms with E-state index in [0.29, 0.717) is 15.7 Å². The van der Waals surface area contributed by atoms with Crippen molar-refractivity contribution in [3.05, 3.63) is 62.1 Å². The molecule has 2 rings (SSSR count). The molecule has 0 saturated carbocycles. The molecule has 0 radical (unpaired) electrons. The number of aryl methyl sites for hydroxylation is 1. The summed E-state index contributed by atoms with van der Waals surface area (Å²) in [6, 6.07) is 9.09. The normalized spacial score (nSPS) is 10.2. The van der Waals surface area contributed by atoms with Crippen LogP contribution in [0.5, 0.6) is 5.75 Å². The molecule has 0 aromatic heterocycles. The lowest BCUT2D eigenvalue weighted by molar-refractivity contribution is -0.385. The third-order valence-corrected chi connectivity index (χ3v) is 3.25. The Morgan fingerprint density at radius 2 is 1.87 bits per heavy atom. The maximum absolute atomic E-state index is 11.9. The van der Waals surface area contributed by atoms with Crippen LogP contribution in [-0.4, -0.2) is 17.4 Å². The van der Waals surface area contributed by atoms with Crippen LogP contribution in [0.1, 0.15) is 5.56 Å². The van der Waals surface area contributed by atoms with Gasteiger partial charge in [0.25, 0.3) is 5.91 Å². The van der Waals surface area contributed by atoms with Crippen LogP contribution in [0.4, 0.5) is 11.4 Å². The number of nitro groups is 1. The van der Waals surface area contributed by atoms with E-state index in [9.17, 15) is 14.9 Å². The number of anilines is 1. The molecule has 1 amide bonds. The van der Waals surface area contributed by atoms with Crippen molar-refractivity contribution in [3.63, 3.8) is 0 Å². The summed E-state index contributed by atoms with van der Waals surface area (Å²) in [4.78, 5) is 22.3. The van der Waals surface area contributed by atoms with Crippen molar-refractivity contribution in [3.8, 4) is 5.75 Å². The lowest BCUT2D eigenvalue weighted by atomic mass is 10.2. The van der Waals surface area contributed by atoms with Gasteiger partial charge in [0.05, 0.1) is 4.92 Å². The molecule has 120 valence electrons. The summed E-state index contributed by atoms with van der Waals surface area (Å²) in [5.74, 6) is -0.460. The minimum atomic E-state index is -0.559. The van der Waals surface area contributed by atoms with Gasteiger partial charge in [0.2, 0.25) is 0 Å². The van der Waals surface area contributed by atoms with Gasteiger partial charge in [-0.05, 0) is 36.8 Å². The Morgan fingerprint density at radius 1 is 1.22 bits per heavy atom. The number of carbonyl (C=O) groups is 1. The van der Waals surface area contributed by atoms with Crippen LogP contribution in [-0.2, 0) is 4.79 Å². The number of amides is 1. The van der Waals surface area contributed by atoms with Crippen molar-refractivity contribution < 1.29 is 14.5 Å². The second kappa shape index (κ2) is 7.30. The van der Waals surface area contributed by atoms with E-state index < -0.39 is 10.8 Å². The molecule has 2 aromatic rings. The number of halogens is 2. The van der Waals surface area contributed by atoms with Crippen LogP contribution in [0.25, 0.3) is 0 Å². The van der Waals surface area contributed by atoms with E-state index in [-0.39, 0.29) is 18.0 Å². The molecule has 23 heavy (non-hydrogen) atoms. The largest absolute Gasteiger partial charge is 0.477 e. The van der Waals surface area contributed by atoms with Gasteiger partial charge >= 0.3 is 5.69 Å². The van der Waals surface area contributed by atoms with Crippen LogP contribution in [0.3, 0.4) is 0 Å². The third-order valence-electron chi connectivity index (χ3n) is 2.82. The summed E-state index contributed by atoms with van der Waals surface area (Å²) in [7, 11) is 0. The Balaban J connectivity index is 2.03. The topological polar surface area (TPSA) is 81.5 Å². The van der Waals surface area contributed by atoms with Gasteiger partial charge in [0.1, 0.15) is 0 Å². The van der Waals surface area contributed by atoms with Crippen molar-refractivity contribution in [1.29, 1.82) is 0 Å². The summed E-state index contributed by atoms with van der Waals surface area (Å²) in [5, 5.41) is 14.3. The van der Waals surface area contributed by atoms with E-state index in [1.807, 2.05) is 0 Å². The van der Waals surface area contributed by atoms with E-state index in [4.69, 9.17) is 27.9 Å². The highest BCUT2D eigenvalue weighted by molar-refractivity contribution is 6.35. The van der Waals surface area contributed by atoms with E-state index in [1.54, 1.807) is 13.0 Å². The minimum Gasteiger partial charge on any atom is -0.477 e. The van der Waals surface area contributed by atoms with Gasteiger partial charge in [-0.3, -0.25) is 14.9 Å². The zero-order chi connectivity index (χ0) is 17.0. The highest BCUT2D eigenvalue weighted by Crippen LogP contribution is 2.28. The van der Waals surface area contributed by atoms with E-state index in [0.717, 1.165) is 5.56 Å². The number of nitro benzene ring substituents is 1. The maximum Gasteiger partial charge on any atom is 0.311 e. The Bertz CT molecular complexity index is 745. The first-order valence-corrected chi connectivity index (χ1v) is 7.24. The van der Waals surface area contributed by atoms with Gasteiger partial charge in [0.15, 0.2) is 12.4 Å². The number of hydrogen-bond acceptors (Lipinski definition) is 4. The molecule has 0 aliphatic heterocycles. The first-order valence-electron chi connectivity index (χ1n) is 6.49. The van der Waals surface area contributed by atoms with E-state index in [2.05, 4.69) is 5.32 Å². The molecule has 0 aliphatic rings. The van der Waals surface area contributed by atoms with Crippen molar-refractivity contribution in [1.82, 2.24) is 0 Å². The fourth-order valence-corrected chi connectivity index (χ4v) is 2.38. The Kier molecular flexibility index (Phi) is 5.41. The predicted molar refractivity (Wildman–Crippen MR) is 88.4 cm³/mol. The third kappa shape index (κ3) is 4.84. The molecule has 0 saturated heterocycles. The van der Waals surface area contributed by atoms with Crippen LogP contribution >= 0.6 is 23.2 Å². The van der Waals surface area contributed by atoms with Gasteiger partial charge < -0.3 is 10.1 Å². The highest BCUT2D eigenvalue weighted by Gasteiger charge is 2.16. The molecular formula is C15H12Cl2N2O4. The van der Waals surface area contributed by atoms with Crippen LogP contribution < -0.4 is 10.1 Å². The summed E-state index contributed by atoms with van der Waals surface area (Å²) in [6.07, 6.45) is 0. The molecule has 0 fully saturated rings. The number of hydrogen-bond donors (Lipinski definition) is 1. The molecule has 0 aliphatic carbocycles. The number of benzene rings is 2. The number of carbonyl (C=O) groups excluding carboxylic acids is 1. The zero-order valence-electron chi connectivity index (χ0n) is 12.0. The number of nitrogens with zero attached hydrogens (tertiary/aromatic N) is 1. The standard InChI is InChI=1S/C15H12Cl2N2O4/c1-9-2-3-14(13(4-9)19(21)22)23-8-15(20)18-12-6-10(16)5-11(17)7-12/h2-7H,8H2,1H3,(H,18,20). The average Bonchev–Trinajstić information content (AvgIpc) is 2.44. The number of rotatable bonds is 5. The fraction of sp³-hybridized carbons (Fsp3) is 0.133. The van der Waals surface area contributed by atoms with E-state index >= 15 is 0 Å². The Morgan fingerprint density at radius 3 is 2.48 bits per heavy atom. The van der Waals surface area contributed by atoms with Gasteiger partial charge in [0, 0.05) is 21.8 Å². The molecule has 0 unspecified atom stereocenters. The highest BCUT2D eigenvalue weighted by atomic mass is 35.5. The summed E-state index contributed by atoms with van der Waals surface area (Å²) < 4.78 is 5.23. The van der Waals surface area contributed by atoms with Gasteiger partial charge in [-0.2, -0.15) is 0 Å². The fourth-order valence-electron chi connectivity index (χ4n) is 1.86. The molecule has 0 heterocycles. The first kappa shape index (κ1) is 17.1. The molecule has 0 bridgehead atoms. The molecule has 2 aromatic carbocycles. The predicted octanol–water partition coefficient (Wildman–Crippen LogP) is 4.23. The molecule has 0 atom stereocenters. The lowest BCUT2D eigenvalue weighted by Crippen LogP contribution is -2.20. The van der Waals surface area contributed by atoms with Crippen molar-refractivity contribution in [2.75, 3.05) is 11.9 Å². The maximum atomic E-state index is 11.9. The molecule has 6 nitrogen and oxygen atoms in total. The van der Waals surface area contributed by atoms with E-state index in [1.165, 1.54) is 30.3 Å².